The molecule has 0 atom stereocenters. The van der Waals surface area contributed by atoms with Crippen LogP contribution in [0.3, 0.4) is 0 Å². The Morgan fingerprint density at radius 3 is 1.92 bits per heavy atom. The summed E-state index contributed by atoms with van der Waals surface area (Å²) in [6, 6.07) is 6.37. The first-order chi connectivity index (χ1) is 5.00. The molecule has 0 aliphatic rings. The second-order valence-corrected chi connectivity index (χ2v) is 4.82. The lowest BCUT2D eigenvalue weighted by molar-refractivity contribution is 0.609. The van der Waals surface area contributed by atoms with Gasteiger partial charge in [0.2, 0.25) is 0 Å². The van der Waals surface area contributed by atoms with Crippen LogP contribution in [0.1, 0.15) is 5.56 Å². The number of benzene rings is 1. The monoisotopic (exact) mass is 207 g/mol. The number of hydrogen-bond donors (Lipinski definition) is 1. The molecule has 0 aliphatic carbocycles. The van der Waals surface area contributed by atoms with Crippen molar-refractivity contribution in [1.29, 1.82) is 0 Å². The van der Waals surface area contributed by atoms with E-state index in [0.29, 0.717) is 0 Å². The van der Waals surface area contributed by atoms with Gasteiger partial charge in [-0.25, -0.2) is 8.42 Å². The van der Waals surface area contributed by atoms with E-state index in [1.54, 1.807) is 12.1 Å². The summed E-state index contributed by atoms with van der Waals surface area (Å²) in [6.07, 6.45) is 0. The fourth-order valence-corrected chi connectivity index (χ4v) is 1.47. The molecule has 0 spiro atoms. The predicted molar refractivity (Wildman–Crippen MR) is 49.2 cm³/mol. The molecule has 0 radical (unpaired) electrons. The van der Waals surface area contributed by atoms with Gasteiger partial charge in [0.15, 0.2) is 0 Å². The fraction of sp³-hybridized carbons (Fsp3) is 0.143. The molecule has 0 aromatic heterocycles. The summed E-state index contributed by atoms with van der Waals surface area (Å²) in [5, 5.41) is 0. The lowest BCUT2D eigenvalue weighted by Gasteiger charge is -1.94. The van der Waals surface area contributed by atoms with Crippen LogP contribution in [0.4, 0.5) is 0 Å². The first-order valence-electron chi connectivity index (χ1n) is 3.01. The Kier molecular flexibility index (Phi) is 3.70. The average molecular weight is 208 g/mol. The molecule has 12 heavy (non-hydrogen) atoms. The Balaban J connectivity index is 0.00000121. The Bertz CT molecular complexity index is 344. The molecule has 1 aromatic carbocycles. The molecule has 0 heterocycles. The standard InChI is InChI=1S/C7H7ClO2S.H3N/c1-6-2-4-7(5-3-6)11(8,9)10;/h2-5H,1H3;1H3. The molecule has 3 N–H and O–H groups in total. The molecular formula is C7H10ClNO2S. The van der Waals surface area contributed by atoms with E-state index in [0.717, 1.165) is 5.56 Å². The highest BCUT2D eigenvalue weighted by Crippen LogP contribution is 2.14. The van der Waals surface area contributed by atoms with Gasteiger partial charge in [-0.05, 0) is 19.1 Å². The van der Waals surface area contributed by atoms with Gasteiger partial charge in [-0.3, -0.25) is 0 Å². The van der Waals surface area contributed by atoms with Crippen LogP contribution in [0.5, 0.6) is 0 Å². The van der Waals surface area contributed by atoms with Crippen LogP contribution in [-0.2, 0) is 9.05 Å². The summed E-state index contributed by atoms with van der Waals surface area (Å²) in [5.74, 6) is 0. The number of halogens is 1. The van der Waals surface area contributed by atoms with Gasteiger partial charge in [0.05, 0.1) is 4.90 Å². The third kappa shape index (κ3) is 2.81. The van der Waals surface area contributed by atoms with Gasteiger partial charge in [0.25, 0.3) is 9.05 Å². The van der Waals surface area contributed by atoms with Crippen molar-refractivity contribution in [3.63, 3.8) is 0 Å². The number of rotatable bonds is 1. The molecule has 0 fully saturated rings. The van der Waals surface area contributed by atoms with E-state index < -0.39 is 9.05 Å². The summed E-state index contributed by atoms with van der Waals surface area (Å²) < 4.78 is 21.4. The van der Waals surface area contributed by atoms with Crippen molar-refractivity contribution in [1.82, 2.24) is 6.15 Å². The Morgan fingerprint density at radius 1 is 1.17 bits per heavy atom. The maximum absolute atomic E-state index is 10.7. The third-order valence-electron chi connectivity index (χ3n) is 1.30. The van der Waals surface area contributed by atoms with Crippen molar-refractivity contribution in [2.24, 2.45) is 0 Å². The van der Waals surface area contributed by atoms with E-state index in [2.05, 4.69) is 0 Å². The van der Waals surface area contributed by atoms with Gasteiger partial charge >= 0.3 is 0 Å². The zero-order valence-corrected chi connectivity index (χ0v) is 8.19. The summed E-state index contributed by atoms with van der Waals surface area (Å²) >= 11 is 0. The molecular weight excluding hydrogens is 198 g/mol. The SMILES string of the molecule is Cc1ccc(S(=O)(=O)Cl)cc1.N. The normalized spacial score (nSPS) is 10.5. The molecule has 3 nitrogen and oxygen atoms in total. The number of aryl methyl sites for hydroxylation is 1. The summed E-state index contributed by atoms with van der Waals surface area (Å²) in [4.78, 5) is 0.143. The highest BCUT2D eigenvalue weighted by Gasteiger charge is 2.07. The van der Waals surface area contributed by atoms with Crippen LogP contribution in [0.15, 0.2) is 29.2 Å². The van der Waals surface area contributed by atoms with Crippen LogP contribution < -0.4 is 6.15 Å². The molecule has 1 aromatic rings. The van der Waals surface area contributed by atoms with Crippen molar-refractivity contribution < 1.29 is 8.42 Å². The van der Waals surface area contributed by atoms with Crippen LogP contribution in [0.2, 0.25) is 0 Å². The van der Waals surface area contributed by atoms with Crippen molar-refractivity contribution in [3.05, 3.63) is 29.8 Å². The van der Waals surface area contributed by atoms with E-state index in [9.17, 15) is 8.42 Å². The summed E-state index contributed by atoms with van der Waals surface area (Å²) in [5.41, 5.74) is 1.01. The summed E-state index contributed by atoms with van der Waals surface area (Å²) in [7, 11) is 1.54. The molecule has 0 unspecified atom stereocenters. The fourth-order valence-electron chi connectivity index (χ4n) is 0.701. The molecule has 0 bridgehead atoms. The zero-order chi connectivity index (χ0) is 8.48. The zero-order valence-electron chi connectivity index (χ0n) is 6.62. The lowest BCUT2D eigenvalue weighted by atomic mass is 10.2. The van der Waals surface area contributed by atoms with Crippen molar-refractivity contribution in [2.75, 3.05) is 0 Å². The van der Waals surface area contributed by atoms with E-state index in [-0.39, 0.29) is 11.0 Å². The highest BCUT2D eigenvalue weighted by molar-refractivity contribution is 8.13. The van der Waals surface area contributed by atoms with E-state index in [4.69, 9.17) is 10.7 Å². The van der Waals surface area contributed by atoms with Gasteiger partial charge in [-0.15, -0.1) is 0 Å². The predicted octanol–water partition coefficient (Wildman–Crippen LogP) is 2.08. The topological polar surface area (TPSA) is 69.1 Å². The average Bonchev–Trinajstić information content (AvgIpc) is 1.86. The Morgan fingerprint density at radius 2 is 1.58 bits per heavy atom. The largest absolute Gasteiger partial charge is 0.344 e. The first-order valence-corrected chi connectivity index (χ1v) is 5.32. The smallest absolute Gasteiger partial charge is 0.261 e. The molecule has 5 heteroatoms. The van der Waals surface area contributed by atoms with Gasteiger partial charge in [0.1, 0.15) is 0 Å². The van der Waals surface area contributed by atoms with E-state index in [1.165, 1.54) is 12.1 Å². The minimum absolute atomic E-state index is 0. The second kappa shape index (κ2) is 3.89. The lowest BCUT2D eigenvalue weighted by Crippen LogP contribution is -1.89. The summed E-state index contributed by atoms with van der Waals surface area (Å²) in [6.45, 7) is 1.88. The van der Waals surface area contributed by atoms with Crippen LogP contribution >= 0.6 is 10.7 Å². The van der Waals surface area contributed by atoms with Crippen LogP contribution in [0, 0.1) is 6.92 Å². The van der Waals surface area contributed by atoms with Crippen molar-refractivity contribution in [2.45, 2.75) is 11.8 Å². The van der Waals surface area contributed by atoms with Crippen LogP contribution in [0.25, 0.3) is 0 Å². The molecule has 0 saturated carbocycles. The molecule has 0 aliphatic heterocycles. The van der Waals surface area contributed by atoms with E-state index >= 15 is 0 Å². The Labute approximate surface area is 76.4 Å². The maximum atomic E-state index is 10.7. The Hall–Kier alpha value is -0.580. The van der Waals surface area contributed by atoms with Gasteiger partial charge in [-0.2, -0.15) is 0 Å². The molecule has 0 saturated heterocycles. The molecule has 68 valence electrons. The molecule has 1 rings (SSSR count). The molecule has 0 amide bonds. The van der Waals surface area contributed by atoms with Gasteiger partial charge in [0, 0.05) is 10.7 Å². The quantitative estimate of drug-likeness (QED) is 0.717. The van der Waals surface area contributed by atoms with Crippen molar-refractivity contribution >= 4 is 19.7 Å². The van der Waals surface area contributed by atoms with E-state index in [1.807, 2.05) is 6.92 Å². The second-order valence-electron chi connectivity index (χ2n) is 2.25. The number of hydrogen-bond acceptors (Lipinski definition) is 3. The van der Waals surface area contributed by atoms with Crippen molar-refractivity contribution in [3.8, 4) is 0 Å². The van der Waals surface area contributed by atoms with Crippen LogP contribution in [-0.4, -0.2) is 8.42 Å². The highest BCUT2D eigenvalue weighted by atomic mass is 35.7. The van der Waals surface area contributed by atoms with Gasteiger partial charge < -0.3 is 6.15 Å². The minimum Gasteiger partial charge on any atom is -0.344 e. The minimum atomic E-state index is -3.55. The maximum Gasteiger partial charge on any atom is 0.261 e. The van der Waals surface area contributed by atoms with Gasteiger partial charge in [-0.1, -0.05) is 17.7 Å². The third-order valence-corrected chi connectivity index (χ3v) is 2.67. The first kappa shape index (κ1) is 11.4.